The highest BCUT2D eigenvalue weighted by Gasteiger charge is 2.31. The molecule has 0 unspecified atom stereocenters. The van der Waals surface area contributed by atoms with Crippen molar-refractivity contribution in [3.05, 3.63) is 392 Å². The molecule has 0 aliphatic heterocycles. The number of hydrogen-bond acceptors (Lipinski definition) is 4. The quantitative estimate of drug-likeness (QED) is 0.0794. The number of hydrogen-bond donors (Lipinski definition) is 0. The van der Waals surface area contributed by atoms with Crippen molar-refractivity contribution in [1.82, 2.24) is 0 Å². The van der Waals surface area contributed by atoms with E-state index in [-0.39, 0.29) is 13.4 Å². The number of benzene rings is 14. The van der Waals surface area contributed by atoms with Gasteiger partial charge in [-0.1, -0.05) is 279 Å². The zero-order valence-electron chi connectivity index (χ0n) is 65.7. The van der Waals surface area contributed by atoms with Crippen molar-refractivity contribution in [1.29, 1.82) is 0 Å². The fourth-order valence-electron chi connectivity index (χ4n) is 16.5. The number of aryl methyl sites for hydroxylation is 17. The lowest BCUT2D eigenvalue weighted by Crippen LogP contribution is -2.55. The standard InChI is InChI=1S/C51H51BN2.C50H49BN2/c1-34-10-18-44(19-11-34)53(45-20-12-35(2)13-21-45)48-26-28-49(29-27-48)54(46-22-14-36(3)15-23-46)47-24-16-43(17-25-47)52(50-39(6)30-37(4)31-40(50)7)51-41(8)32-38(5)33-42(51)9;1-34-14-20-44(21-15-34)53(45-22-16-35(2)17-23-45)48-28-26-47(27-29-48)52(43-12-10-9-11-13-43)46-24-18-42(19-25-46)51(49-38(5)30-36(3)31-39(49)6)50-40(7)32-37(4)33-41(50)8/h10-33H,1-9H3;9-33H,1-8H3. The smallest absolute Gasteiger partial charge is 0.242 e. The fraction of sp³-hybridized carbons (Fsp3) is 0.168. The molecular formula is C101H100B2N4. The predicted molar refractivity (Wildman–Crippen MR) is 467 cm³/mol. The monoisotopic (exact) mass is 1390 g/mol. The summed E-state index contributed by atoms with van der Waals surface area (Å²) in [5.74, 6) is 0. The van der Waals surface area contributed by atoms with E-state index in [1.54, 1.807) is 0 Å². The molecule has 0 spiro atoms. The SMILES string of the molecule is Cc1ccc(N(c2ccc(C)cc2)c2ccc(N(c3ccc(C)cc3)c3ccc(B(c4c(C)cc(C)cc4C)c4c(C)cc(C)cc4C)cc3)cc2)cc1.Cc1ccc(N(c2ccc(C)cc2)c2ccc(N(c3ccccc3)c3ccc(B(c4c(C)cc(C)cc4C)c4c(C)cc(C)cc4C)cc3)cc2)cc1. The lowest BCUT2D eigenvalue weighted by atomic mass is 9.34. The molecule has 0 atom stereocenters. The molecule has 0 saturated carbocycles. The lowest BCUT2D eigenvalue weighted by molar-refractivity contribution is 1.25. The van der Waals surface area contributed by atoms with Gasteiger partial charge in [0.1, 0.15) is 0 Å². The highest BCUT2D eigenvalue weighted by atomic mass is 15.2. The molecule has 0 heterocycles. The number of para-hydroxylation sites is 1. The first kappa shape index (κ1) is 73.7. The molecule has 0 amide bonds. The first-order chi connectivity index (χ1) is 51.5. The summed E-state index contributed by atoms with van der Waals surface area (Å²) in [6, 6.07) is 110. The second kappa shape index (κ2) is 32.0. The molecule has 0 saturated heterocycles. The van der Waals surface area contributed by atoms with Crippen molar-refractivity contribution in [2.24, 2.45) is 0 Å². The van der Waals surface area contributed by atoms with Gasteiger partial charge in [0, 0.05) is 68.2 Å². The Bertz CT molecular complexity index is 5120. The molecule has 14 aromatic carbocycles. The summed E-state index contributed by atoms with van der Waals surface area (Å²) in [5, 5.41) is 0. The van der Waals surface area contributed by atoms with Crippen LogP contribution < -0.4 is 52.4 Å². The van der Waals surface area contributed by atoms with Crippen molar-refractivity contribution in [2.45, 2.75) is 118 Å². The average molecular weight is 1390 g/mol. The van der Waals surface area contributed by atoms with E-state index in [0.717, 1.165) is 68.2 Å². The van der Waals surface area contributed by atoms with Crippen LogP contribution in [0.4, 0.5) is 68.2 Å². The summed E-state index contributed by atoms with van der Waals surface area (Å²) in [6.45, 7) is 37.9. The Hall–Kier alpha value is -11.6. The van der Waals surface area contributed by atoms with Crippen LogP contribution in [0.2, 0.25) is 0 Å². The third-order valence-electron chi connectivity index (χ3n) is 21.3. The van der Waals surface area contributed by atoms with Crippen molar-refractivity contribution in [3.63, 3.8) is 0 Å². The van der Waals surface area contributed by atoms with Gasteiger partial charge in [-0.2, -0.15) is 0 Å². The summed E-state index contributed by atoms with van der Waals surface area (Å²) in [6.07, 6.45) is 0. The average Bonchev–Trinajstić information content (AvgIpc) is 0.765. The van der Waals surface area contributed by atoms with Gasteiger partial charge in [-0.3, -0.25) is 0 Å². The van der Waals surface area contributed by atoms with Crippen LogP contribution in [0.1, 0.15) is 94.6 Å². The highest BCUT2D eigenvalue weighted by Crippen LogP contribution is 2.42. The maximum Gasteiger partial charge on any atom is 0.242 e. The molecule has 0 radical (unpaired) electrons. The molecule has 530 valence electrons. The molecule has 0 fully saturated rings. The topological polar surface area (TPSA) is 13.0 Å². The largest absolute Gasteiger partial charge is 0.311 e. The van der Waals surface area contributed by atoms with Gasteiger partial charge >= 0.3 is 0 Å². The predicted octanol–water partition coefficient (Wildman–Crippen LogP) is 23.5. The summed E-state index contributed by atoms with van der Waals surface area (Å²) in [4.78, 5) is 9.39. The Kier molecular flexibility index (Phi) is 22.1. The van der Waals surface area contributed by atoms with E-state index in [9.17, 15) is 0 Å². The zero-order valence-corrected chi connectivity index (χ0v) is 65.7. The minimum Gasteiger partial charge on any atom is -0.311 e. The first-order valence-electron chi connectivity index (χ1n) is 37.8. The van der Waals surface area contributed by atoms with E-state index in [0.29, 0.717) is 0 Å². The number of rotatable bonds is 18. The van der Waals surface area contributed by atoms with Crippen molar-refractivity contribution in [3.8, 4) is 0 Å². The fourth-order valence-corrected chi connectivity index (χ4v) is 16.5. The Morgan fingerprint density at radius 3 is 0.458 bits per heavy atom. The van der Waals surface area contributed by atoms with E-state index < -0.39 is 0 Å². The molecule has 4 nitrogen and oxygen atoms in total. The Morgan fingerprint density at radius 1 is 0.150 bits per heavy atom. The first-order valence-corrected chi connectivity index (χ1v) is 37.8. The molecule has 14 rings (SSSR count). The third kappa shape index (κ3) is 16.3. The van der Waals surface area contributed by atoms with E-state index in [1.807, 2.05) is 0 Å². The summed E-state index contributed by atoms with van der Waals surface area (Å²) in [7, 11) is 0. The van der Waals surface area contributed by atoms with Crippen LogP contribution in [0.25, 0.3) is 0 Å². The molecule has 0 aliphatic rings. The molecule has 0 aromatic heterocycles. The molecule has 107 heavy (non-hydrogen) atoms. The zero-order chi connectivity index (χ0) is 75.3. The summed E-state index contributed by atoms with van der Waals surface area (Å²) >= 11 is 0. The second-order valence-corrected chi connectivity index (χ2v) is 30.2. The van der Waals surface area contributed by atoms with Crippen LogP contribution in [0.5, 0.6) is 0 Å². The van der Waals surface area contributed by atoms with Crippen LogP contribution in [0.3, 0.4) is 0 Å². The van der Waals surface area contributed by atoms with Gasteiger partial charge in [-0.15, -0.1) is 0 Å². The summed E-state index contributed by atoms with van der Waals surface area (Å²) < 4.78 is 0. The third-order valence-corrected chi connectivity index (χ3v) is 21.3. The van der Waals surface area contributed by atoms with Gasteiger partial charge in [-0.25, -0.2) is 0 Å². The van der Waals surface area contributed by atoms with Gasteiger partial charge < -0.3 is 19.6 Å². The molecule has 6 heteroatoms. The van der Waals surface area contributed by atoms with Gasteiger partial charge in [0.05, 0.1) is 0 Å². The minimum atomic E-state index is 0.127. The van der Waals surface area contributed by atoms with Crippen molar-refractivity contribution < 1.29 is 0 Å². The van der Waals surface area contributed by atoms with E-state index >= 15 is 0 Å². The van der Waals surface area contributed by atoms with Gasteiger partial charge in [-0.05, 0) is 263 Å². The number of nitrogens with zero attached hydrogens (tertiary/aromatic N) is 4. The lowest BCUT2D eigenvalue weighted by Gasteiger charge is -2.29. The van der Waals surface area contributed by atoms with Crippen LogP contribution in [-0.4, -0.2) is 13.4 Å². The normalized spacial score (nSPS) is 11.0. The van der Waals surface area contributed by atoms with Gasteiger partial charge in [0.15, 0.2) is 0 Å². The van der Waals surface area contributed by atoms with Crippen molar-refractivity contribution in [2.75, 3.05) is 19.6 Å². The Balaban J connectivity index is 0.000000189. The Labute approximate surface area is 639 Å². The van der Waals surface area contributed by atoms with Crippen LogP contribution in [0.15, 0.2) is 297 Å². The second-order valence-electron chi connectivity index (χ2n) is 30.2. The molecule has 14 aromatic rings. The maximum atomic E-state index is 2.37. The number of anilines is 12. The maximum absolute atomic E-state index is 2.37. The van der Waals surface area contributed by atoms with E-state index in [1.165, 1.54) is 127 Å². The van der Waals surface area contributed by atoms with Crippen LogP contribution in [0, 0.1) is 118 Å². The van der Waals surface area contributed by atoms with Gasteiger partial charge in [0.25, 0.3) is 0 Å². The van der Waals surface area contributed by atoms with E-state index in [2.05, 4.69) is 435 Å². The Morgan fingerprint density at radius 2 is 0.290 bits per heavy atom. The van der Waals surface area contributed by atoms with E-state index in [4.69, 9.17) is 0 Å². The van der Waals surface area contributed by atoms with Gasteiger partial charge in [0.2, 0.25) is 13.4 Å². The van der Waals surface area contributed by atoms with Crippen molar-refractivity contribution >= 4 is 114 Å². The highest BCUT2D eigenvalue weighted by molar-refractivity contribution is 6.97. The summed E-state index contributed by atoms with van der Waals surface area (Å²) in [5.41, 5.74) is 43.9. The van der Waals surface area contributed by atoms with Crippen LogP contribution in [-0.2, 0) is 0 Å². The molecular weight excluding hydrogens is 1290 g/mol. The molecule has 0 N–H and O–H groups in total. The minimum absolute atomic E-state index is 0.127. The molecule has 0 aliphatic carbocycles. The molecule has 0 bridgehead atoms. The van der Waals surface area contributed by atoms with Crippen LogP contribution >= 0.6 is 0 Å².